The van der Waals surface area contributed by atoms with Crippen molar-refractivity contribution in [2.45, 2.75) is 14.9 Å². The summed E-state index contributed by atoms with van der Waals surface area (Å²) >= 11 is 0.907. The zero-order valence-electron chi connectivity index (χ0n) is 16.9. The highest BCUT2D eigenvalue weighted by molar-refractivity contribution is 7.99. The third-order valence-corrected chi connectivity index (χ3v) is 6.80. The lowest BCUT2D eigenvalue weighted by Crippen LogP contribution is -2.20. The van der Waals surface area contributed by atoms with E-state index in [1.807, 2.05) is 0 Å². The third-order valence-electron chi connectivity index (χ3n) is 4.17. The predicted molar refractivity (Wildman–Crippen MR) is 116 cm³/mol. The Bertz CT molecular complexity index is 1290. The fourth-order valence-electron chi connectivity index (χ4n) is 2.61. The van der Waals surface area contributed by atoms with E-state index < -0.39 is 32.0 Å². The number of thioether (sulfide) groups is 1. The van der Waals surface area contributed by atoms with Gasteiger partial charge in [-0.3, -0.25) is 9.59 Å². The molecule has 1 heterocycles. The number of methoxy groups -OCH3 is 2. The molecule has 3 aromatic rings. The summed E-state index contributed by atoms with van der Waals surface area (Å²) in [5.74, 6) is -0.419. The van der Waals surface area contributed by atoms with Crippen molar-refractivity contribution in [2.75, 3.05) is 25.3 Å². The molecule has 12 heteroatoms. The number of ether oxygens (including phenoxy) is 2. The first-order valence-corrected chi connectivity index (χ1v) is 11.5. The molecule has 168 valence electrons. The average molecular weight is 480 g/mol. The Balaban J connectivity index is 1.73. The van der Waals surface area contributed by atoms with Gasteiger partial charge in [0.15, 0.2) is 21.6 Å². The van der Waals surface area contributed by atoms with Crippen LogP contribution >= 0.6 is 11.8 Å². The number of carbonyl (C=O) groups is 1. The van der Waals surface area contributed by atoms with Crippen molar-refractivity contribution in [1.82, 2.24) is 9.97 Å². The Morgan fingerprint density at radius 2 is 1.81 bits per heavy atom. The van der Waals surface area contributed by atoms with Crippen LogP contribution in [-0.4, -0.2) is 44.3 Å². The Hall–Kier alpha value is -3.38. The Morgan fingerprint density at radius 1 is 1.12 bits per heavy atom. The van der Waals surface area contributed by atoms with E-state index in [1.54, 1.807) is 0 Å². The second kappa shape index (κ2) is 9.83. The van der Waals surface area contributed by atoms with Crippen molar-refractivity contribution in [3.8, 4) is 11.5 Å². The number of benzene rings is 2. The fraction of sp³-hybridized carbons (Fsp3) is 0.150. The number of aromatic nitrogens is 2. The van der Waals surface area contributed by atoms with Gasteiger partial charge in [-0.2, -0.15) is 0 Å². The Labute approximate surface area is 186 Å². The zero-order valence-corrected chi connectivity index (χ0v) is 18.6. The van der Waals surface area contributed by atoms with Gasteiger partial charge < -0.3 is 19.8 Å². The average Bonchev–Trinajstić information content (AvgIpc) is 2.78. The molecule has 1 amide bonds. The normalized spacial score (nSPS) is 11.1. The van der Waals surface area contributed by atoms with Gasteiger partial charge in [-0.25, -0.2) is 17.8 Å². The van der Waals surface area contributed by atoms with Crippen LogP contribution in [0.2, 0.25) is 0 Å². The second-order valence-electron chi connectivity index (χ2n) is 6.25. The first-order chi connectivity index (χ1) is 15.2. The molecule has 0 atom stereocenters. The molecule has 3 rings (SSSR count). The minimum absolute atomic E-state index is 0.0653. The van der Waals surface area contributed by atoms with Crippen molar-refractivity contribution in [3.63, 3.8) is 0 Å². The van der Waals surface area contributed by atoms with Crippen LogP contribution in [0.4, 0.5) is 10.1 Å². The van der Waals surface area contributed by atoms with Crippen molar-refractivity contribution in [2.24, 2.45) is 0 Å². The van der Waals surface area contributed by atoms with Crippen LogP contribution in [-0.2, 0) is 14.6 Å². The molecule has 0 bridgehead atoms. The van der Waals surface area contributed by atoms with Crippen molar-refractivity contribution in [1.29, 1.82) is 0 Å². The van der Waals surface area contributed by atoms with Crippen LogP contribution in [0, 0.1) is 5.82 Å². The van der Waals surface area contributed by atoms with Crippen molar-refractivity contribution >= 4 is 33.2 Å². The lowest BCUT2D eigenvalue weighted by Gasteiger charge is -2.10. The van der Waals surface area contributed by atoms with Gasteiger partial charge in [0.1, 0.15) is 5.82 Å². The number of sulfone groups is 1. The smallest absolute Gasteiger partial charge is 0.270 e. The van der Waals surface area contributed by atoms with E-state index in [2.05, 4.69) is 15.3 Å². The lowest BCUT2D eigenvalue weighted by molar-refractivity contribution is -0.113. The molecule has 0 aliphatic carbocycles. The van der Waals surface area contributed by atoms with Gasteiger partial charge >= 0.3 is 0 Å². The van der Waals surface area contributed by atoms with Crippen molar-refractivity contribution < 1.29 is 27.1 Å². The van der Waals surface area contributed by atoms with Crippen molar-refractivity contribution in [3.05, 3.63) is 64.8 Å². The molecule has 0 saturated carbocycles. The molecule has 0 aliphatic rings. The van der Waals surface area contributed by atoms with E-state index in [0.29, 0.717) is 11.4 Å². The fourth-order valence-corrected chi connectivity index (χ4v) is 4.49. The zero-order chi connectivity index (χ0) is 23.3. The van der Waals surface area contributed by atoms with E-state index >= 15 is 0 Å². The van der Waals surface area contributed by atoms with E-state index in [9.17, 15) is 22.4 Å². The number of amides is 1. The molecule has 2 aromatic carbocycles. The van der Waals surface area contributed by atoms with Gasteiger partial charge in [0.25, 0.3) is 5.56 Å². The number of rotatable bonds is 8. The third kappa shape index (κ3) is 5.26. The van der Waals surface area contributed by atoms with Gasteiger partial charge in [0.2, 0.25) is 15.7 Å². The molecule has 9 nitrogen and oxygen atoms in total. The van der Waals surface area contributed by atoms with Gasteiger partial charge in [0.05, 0.1) is 31.1 Å². The Morgan fingerprint density at radius 3 is 2.44 bits per heavy atom. The minimum Gasteiger partial charge on any atom is -0.493 e. The number of nitrogens with one attached hydrogen (secondary N) is 2. The van der Waals surface area contributed by atoms with E-state index in [0.717, 1.165) is 18.0 Å². The molecule has 0 saturated heterocycles. The maximum atomic E-state index is 12.9. The summed E-state index contributed by atoms with van der Waals surface area (Å²) in [6.45, 7) is 0. The number of hydrogen-bond donors (Lipinski definition) is 2. The van der Waals surface area contributed by atoms with Crippen LogP contribution in [0.3, 0.4) is 0 Å². The van der Waals surface area contributed by atoms with Crippen LogP contribution in [0.25, 0.3) is 0 Å². The highest BCUT2D eigenvalue weighted by Gasteiger charge is 2.24. The van der Waals surface area contributed by atoms with Crippen LogP contribution in [0.5, 0.6) is 11.5 Å². The molecule has 0 spiro atoms. The quantitative estimate of drug-likeness (QED) is 0.373. The monoisotopic (exact) mass is 479 g/mol. The van der Waals surface area contributed by atoms with Crippen LogP contribution in [0.15, 0.2) is 68.4 Å². The molecule has 0 unspecified atom stereocenters. The molecule has 2 N–H and O–H groups in total. The lowest BCUT2D eigenvalue weighted by atomic mass is 10.3. The minimum atomic E-state index is -4.18. The molecule has 0 aliphatic heterocycles. The van der Waals surface area contributed by atoms with E-state index in [4.69, 9.17) is 9.47 Å². The number of hydrogen-bond acceptors (Lipinski definition) is 8. The summed E-state index contributed by atoms with van der Waals surface area (Å²) in [7, 11) is -1.40. The largest absolute Gasteiger partial charge is 0.493 e. The molecular weight excluding hydrogens is 461 g/mol. The number of halogens is 1. The molecule has 0 fully saturated rings. The van der Waals surface area contributed by atoms with Crippen LogP contribution in [0.1, 0.15) is 0 Å². The summed E-state index contributed by atoms with van der Waals surface area (Å²) in [5.41, 5.74) is -0.467. The topological polar surface area (TPSA) is 127 Å². The van der Waals surface area contributed by atoms with Gasteiger partial charge in [-0.1, -0.05) is 11.8 Å². The number of anilines is 1. The number of H-pyrrole nitrogens is 1. The number of aromatic amines is 1. The first-order valence-electron chi connectivity index (χ1n) is 8.99. The summed E-state index contributed by atoms with van der Waals surface area (Å²) in [4.78, 5) is 30.0. The molecule has 32 heavy (non-hydrogen) atoms. The summed E-state index contributed by atoms with van der Waals surface area (Å²) in [6.07, 6.45) is 0.936. The standard InChI is InChI=1S/C20H18FN3O6S2/c1-29-15-8-7-14(9-16(15)30-2)32(27,28)17-10-22-20(24-19(17)26)31-11-18(25)23-13-5-3-12(21)4-6-13/h3-10H,11H2,1-2H3,(H,23,25)(H,22,24,26). The second-order valence-corrected chi connectivity index (χ2v) is 9.13. The maximum Gasteiger partial charge on any atom is 0.270 e. The van der Waals surface area contributed by atoms with Gasteiger partial charge in [0, 0.05) is 11.8 Å². The number of nitrogens with zero attached hydrogens (tertiary/aromatic N) is 1. The van der Waals surface area contributed by atoms with Gasteiger partial charge in [-0.05, 0) is 36.4 Å². The maximum absolute atomic E-state index is 12.9. The molecule has 1 aromatic heterocycles. The van der Waals surface area contributed by atoms with E-state index in [1.165, 1.54) is 56.7 Å². The predicted octanol–water partition coefficient (Wildman–Crippen LogP) is 2.49. The van der Waals surface area contributed by atoms with Gasteiger partial charge in [-0.15, -0.1) is 0 Å². The highest BCUT2D eigenvalue weighted by Crippen LogP contribution is 2.31. The molecule has 0 radical (unpaired) electrons. The summed E-state index contributed by atoms with van der Waals surface area (Å²) in [6, 6.07) is 9.18. The number of carbonyl (C=O) groups excluding carboxylic acids is 1. The highest BCUT2D eigenvalue weighted by atomic mass is 32.2. The first kappa shape index (κ1) is 23.3. The summed E-state index contributed by atoms with van der Waals surface area (Å²) in [5, 5.41) is 2.63. The SMILES string of the molecule is COc1ccc(S(=O)(=O)c2cnc(SCC(=O)Nc3ccc(F)cc3)[nH]c2=O)cc1OC. The van der Waals surface area contributed by atoms with Crippen LogP contribution < -0.4 is 20.3 Å². The summed E-state index contributed by atoms with van der Waals surface area (Å²) < 4.78 is 48.9. The van der Waals surface area contributed by atoms with E-state index in [-0.39, 0.29) is 21.6 Å². The molecular formula is C20H18FN3O6S2. The Kier molecular flexibility index (Phi) is 7.15.